The van der Waals surface area contributed by atoms with E-state index >= 15 is 0 Å². The standard InChI is InChI=1S/C17H19N3O5S/c1-12-8-9-14(26(24,25)19(2)3)11-15(12)18-17(21)10-13-6-4-5-7-16(13)20(22)23/h4-9,11H,10H2,1-3H3,(H,18,21). The predicted octanol–water partition coefficient (Wildman–Crippen LogP) is 2.33. The summed E-state index contributed by atoms with van der Waals surface area (Å²) in [4.78, 5) is 22.9. The third-order valence-electron chi connectivity index (χ3n) is 3.80. The van der Waals surface area contributed by atoms with Gasteiger partial charge in [0.1, 0.15) is 0 Å². The van der Waals surface area contributed by atoms with Gasteiger partial charge >= 0.3 is 0 Å². The predicted molar refractivity (Wildman–Crippen MR) is 97.5 cm³/mol. The number of carbonyl (C=O) groups is 1. The summed E-state index contributed by atoms with van der Waals surface area (Å²) in [6.07, 6.45) is -0.193. The van der Waals surface area contributed by atoms with Crippen LogP contribution in [-0.2, 0) is 21.2 Å². The molecule has 0 aliphatic carbocycles. The monoisotopic (exact) mass is 377 g/mol. The van der Waals surface area contributed by atoms with Crippen LogP contribution in [-0.4, -0.2) is 37.6 Å². The van der Waals surface area contributed by atoms with E-state index in [-0.39, 0.29) is 22.6 Å². The van der Waals surface area contributed by atoms with E-state index in [0.717, 1.165) is 4.31 Å². The van der Waals surface area contributed by atoms with Crippen molar-refractivity contribution in [1.82, 2.24) is 4.31 Å². The maximum Gasteiger partial charge on any atom is 0.273 e. The second-order valence-electron chi connectivity index (χ2n) is 5.87. The van der Waals surface area contributed by atoms with Gasteiger partial charge in [0.25, 0.3) is 5.69 Å². The highest BCUT2D eigenvalue weighted by atomic mass is 32.2. The maximum absolute atomic E-state index is 12.3. The summed E-state index contributed by atoms with van der Waals surface area (Å²) in [5, 5.41) is 13.7. The Morgan fingerprint density at radius 1 is 1.19 bits per heavy atom. The molecule has 0 spiro atoms. The molecule has 0 bridgehead atoms. The first-order valence-corrected chi connectivity index (χ1v) is 9.12. The fraction of sp³-hybridized carbons (Fsp3) is 0.235. The van der Waals surface area contributed by atoms with E-state index in [1.165, 1.54) is 44.4 Å². The number of anilines is 1. The Morgan fingerprint density at radius 3 is 2.46 bits per heavy atom. The molecule has 8 nitrogen and oxygen atoms in total. The Labute approximate surface area is 151 Å². The van der Waals surface area contributed by atoms with Crippen LogP contribution in [0.2, 0.25) is 0 Å². The lowest BCUT2D eigenvalue weighted by Crippen LogP contribution is -2.22. The second kappa shape index (κ2) is 7.63. The highest BCUT2D eigenvalue weighted by molar-refractivity contribution is 7.89. The van der Waals surface area contributed by atoms with Gasteiger partial charge in [-0.05, 0) is 24.6 Å². The number of aryl methyl sites for hydroxylation is 1. The van der Waals surface area contributed by atoms with Crippen LogP contribution < -0.4 is 5.32 Å². The molecule has 138 valence electrons. The van der Waals surface area contributed by atoms with Gasteiger partial charge in [0.2, 0.25) is 15.9 Å². The molecule has 9 heteroatoms. The summed E-state index contributed by atoms with van der Waals surface area (Å²) in [5.41, 5.74) is 1.17. The number of nitrogens with zero attached hydrogens (tertiary/aromatic N) is 2. The Bertz CT molecular complexity index is 955. The first-order valence-electron chi connectivity index (χ1n) is 7.68. The fourth-order valence-corrected chi connectivity index (χ4v) is 3.24. The molecule has 1 amide bonds. The zero-order valence-electron chi connectivity index (χ0n) is 14.6. The summed E-state index contributed by atoms with van der Waals surface area (Å²) in [7, 11) is -0.799. The van der Waals surface area contributed by atoms with Crippen LogP contribution in [0.5, 0.6) is 0 Å². The quantitative estimate of drug-likeness (QED) is 0.614. The van der Waals surface area contributed by atoms with Crippen LogP contribution in [0.15, 0.2) is 47.4 Å². The highest BCUT2D eigenvalue weighted by Gasteiger charge is 2.20. The number of nitro groups is 1. The van der Waals surface area contributed by atoms with Gasteiger partial charge in [-0.2, -0.15) is 0 Å². The van der Waals surface area contributed by atoms with E-state index in [9.17, 15) is 23.3 Å². The molecule has 0 aromatic heterocycles. The van der Waals surface area contributed by atoms with Crippen molar-refractivity contribution in [3.8, 4) is 0 Å². The van der Waals surface area contributed by atoms with Gasteiger partial charge in [0.15, 0.2) is 0 Å². The SMILES string of the molecule is Cc1ccc(S(=O)(=O)N(C)C)cc1NC(=O)Cc1ccccc1[N+](=O)[O-]. The first-order chi connectivity index (χ1) is 12.1. The molecule has 0 saturated carbocycles. The molecule has 26 heavy (non-hydrogen) atoms. The smallest absolute Gasteiger partial charge is 0.273 e. The third kappa shape index (κ3) is 4.24. The average molecular weight is 377 g/mol. The lowest BCUT2D eigenvalue weighted by molar-refractivity contribution is -0.385. The summed E-state index contributed by atoms with van der Waals surface area (Å²) in [6, 6.07) is 10.4. The number of benzene rings is 2. The van der Waals surface area contributed by atoms with Crippen molar-refractivity contribution in [2.45, 2.75) is 18.2 Å². The molecule has 2 rings (SSSR count). The van der Waals surface area contributed by atoms with Crippen LogP contribution in [0.3, 0.4) is 0 Å². The van der Waals surface area contributed by atoms with Gasteiger partial charge in [-0.3, -0.25) is 14.9 Å². The molecule has 0 atom stereocenters. The van der Waals surface area contributed by atoms with Crippen LogP contribution in [0.1, 0.15) is 11.1 Å². The summed E-state index contributed by atoms with van der Waals surface area (Å²) >= 11 is 0. The van der Waals surface area contributed by atoms with Crippen LogP contribution >= 0.6 is 0 Å². The maximum atomic E-state index is 12.3. The Morgan fingerprint density at radius 2 is 1.85 bits per heavy atom. The lowest BCUT2D eigenvalue weighted by atomic mass is 10.1. The molecule has 0 aliphatic heterocycles. The van der Waals surface area contributed by atoms with Crippen molar-refractivity contribution >= 4 is 27.3 Å². The van der Waals surface area contributed by atoms with Crippen LogP contribution in [0.25, 0.3) is 0 Å². The summed E-state index contributed by atoms with van der Waals surface area (Å²) in [5.74, 6) is -0.471. The number of rotatable bonds is 6. The molecule has 0 saturated heterocycles. The van der Waals surface area contributed by atoms with Crippen LogP contribution in [0, 0.1) is 17.0 Å². The number of nitrogens with one attached hydrogen (secondary N) is 1. The molecular formula is C17H19N3O5S. The van der Waals surface area contributed by atoms with Crippen LogP contribution in [0.4, 0.5) is 11.4 Å². The normalized spacial score (nSPS) is 11.4. The number of sulfonamides is 1. The highest BCUT2D eigenvalue weighted by Crippen LogP contribution is 2.23. The molecule has 2 aromatic carbocycles. The molecule has 0 radical (unpaired) electrons. The molecule has 1 N–H and O–H groups in total. The third-order valence-corrected chi connectivity index (χ3v) is 5.61. The van der Waals surface area contributed by atoms with E-state index < -0.39 is 20.9 Å². The van der Waals surface area contributed by atoms with Gasteiger partial charge in [-0.15, -0.1) is 0 Å². The van der Waals surface area contributed by atoms with Gasteiger partial charge in [0, 0.05) is 31.4 Å². The van der Waals surface area contributed by atoms with Crippen molar-refractivity contribution in [3.05, 3.63) is 63.7 Å². The van der Waals surface area contributed by atoms with E-state index in [2.05, 4.69) is 5.32 Å². The van der Waals surface area contributed by atoms with E-state index in [4.69, 9.17) is 0 Å². The van der Waals surface area contributed by atoms with Crippen molar-refractivity contribution in [1.29, 1.82) is 0 Å². The van der Waals surface area contributed by atoms with E-state index in [0.29, 0.717) is 11.3 Å². The number of carbonyl (C=O) groups excluding carboxylic acids is 1. The average Bonchev–Trinajstić information content (AvgIpc) is 2.56. The molecule has 0 fully saturated rings. The van der Waals surface area contributed by atoms with Gasteiger partial charge in [-0.1, -0.05) is 24.3 Å². The van der Waals surface area contributed by atoms with E-state index in [1.807, 2.05) is 0 Å². The number of para-hydroxylation sites is 1. The van der Waals surface area contributed by atoms with Gasteiger partial charge in [-0.25, -0.2) is 12.7 Å². The summed E-state index contributed by atoms with van der Waals surface area (Å²) < 4.78 is 25.5. The molecule has 0 unspecified atom stereocenters. The largest absolute Gasteiger partial charge is 0.326 e. The first kappa shape index (κ1) is 19.5. The Balaban J connectivity index is 2.26. The molecule has 2 aromatic rings. The van der Waals surface area contributed by atoms with E-state index in [1.54, 1.807) is 19.1 Å². The fourth-order valence-electron chi connectivity index (χ4n) is 2.31. The lowest BCUT2D eigenvalue weighted by Gasteiger charge is -2.14. The van der Waals surface area contributed by atoms with Crippen molar-refractivity contribution in [2.75, 3.05) is 19.4 Å². The Hall–Kier alpha value is -2.78. The Kier molecular flexibility index (Phi) is 5.73. The van der Waals surface area contributed by atoms with Crippen molar-refractivity contribution in [3.63, 3.8) is 0 Å². The topological polar surface area (TPSA) is 110 Å². The van der Waals surface area contributed by atoms with Gasteiger partial charge in [0.05, 0.1) is 16.2 Å². The number of nitro benzene ring substituents is 1. The number of amides is 1. The number of hydrogen-bond donors (Lipinski definition) is 1. The second-order valence-corrected chi connectivity index (χ2v) is 8.03. The molecular weight excluding hydrogens is 358 g/mol. The minimum atomic E-state index is -3.64. The molecule has 0 heterocycles. The van der Waals surface area contributed by atoms with Gasteiger partial charge < -0.3 is 5.32 Å². The zero-order chi connectivity index (χ0) is 19.5. The number of hydrogen-bond acceptors (Lipinski definition) is 5. The minimum absolute atomic E-state index is 0.0501. The van der Waals surface area contributed by atoms with Crippen molar-refractivity contribution < 1.29 is 18.1 Å². The van der Waals surface area contributed by atoms with Crippen molar-refractivity contribution in [2.24, 2.45) is 0 Å². The minimum Gasteiger partial charge on any atom is -0.326 e. The molecule has 0 aliphatic rings. The zero-order valence-corrected chi connectivity index (χ0v) is 15.4. The summed E-state index contributed by atoms with van der Waals surface area (Å²) in [6.45, 7) is 1.73.